The molecule has 0 bridgehead atoms. The Morgan fingerprint density at radius 3 is 2.79 bits per heavy atom. The molecule has 1 atom stereocenters. The van der Waals surface area contributed by atoms with E-state index in [1.165, 1.54) is 28.6 Å². The number of aryl methyl sites for hydroxylation is 2. The highest BCUT2D eigenvalue weighted by Gasteiger charge is 2.24. The third-order valence-corrected chi connectivity index (χ3v) is 7.22. The van der Waals surface area contributed by atoms with Gasteiger partial charge in [-0.2, -0.15) is 4.98 Å². The molecule has 0 radical (unpaired) electrons. The van der Waals surface area contributed by atoms with Crippen LogP contribution in [-0.4, -0.2) is 19.7 Å². The van der Waals surface area contributed by atoms with E-state index in [1.807, 2.05) is 20.8 Å². The Bertz CT molecular complexity index is 1080. The molecule has 8 heteroatoms. The number of allylic oxidation sites excluding steroid dienone is 1. The summed E-state index contributed by atoms with van der Waals surface area (Å²) < 4.78 is 7.15. The molecular formula is C20H24N4O2S2. The molecule has 3 aromatic rings. The minimum Gasteiger partial charge on any atom is -0.338 e. The van der Waals surface area contributed by atoms with Crippen LogP contribution in [0.2, 0.25) is 0 Å². The van der Waals surface area contributed by atoms with Crippen molar-refractivity contribution in [2.24, 2.45) is 0 Å². The van der Waals surface area contributed by atoms with Gasteiger partial charge in [0.15, 0.2) is 11.0 Å². The Morgan fingerprint density at radius 2 is 2.07 bits per heavy atom. The number of fused-ring (bicyclic) bond motifs is 3. The third kappa shape index (κ3) is 3.43. The number of thioether (sulfide) groups is 1. The topological polar surface area (TPSA) is 73.8 Å². The number of aromatic nitrogens is 4. The maximum absolute atomic E-state index is 13.3. The lowest BCUT2D eigenvalue weighted by molar-refractivity contribution is 0.372. The van der Waals surface area contributed by atoms with Crippen LogP contribution in [-0.2, 0) is 19.4 Å². The van der Waals surface area contributed by atoms with Crippen LogP contribution in [0.5, 0.6) is 0 Å². The predicted octanol–water partition coefficient (Wildman–Crippen LogP) is 4.88. The van der Waals surface area contributed by atoms with Crippen LogP contribution >= 0.6 is 23.1 Å². The van der Waals surface area contributed by atoms with E-state index in [0.717, 1.165) is 29.5 Å². The van der Waals surface area contributed by atoms with E-state index in [-0.39, 0.29) is 16.7 Å². The van der Waals surface area contributed by atoms with Crippen molar-refractivity contribution in [2.75, 3.05) is 0 Å². The SMILES string of the molecule is C=CCn1c(S[C@H](C)c2nc(C(C)C)no2)nc2sc3c(c2c1=O)CCCC3. The maximum atomic E-state index is 13.3. The van der Waals surface area contributed by atoms with Crippen molar-refractivity contribution in [3.63, 3.8) is 0 Å². The fourth-order valence-electron chi connectivity index (χ4n) is 3.46. The third-order valence-electron chi connectivity index (χ3n) is 4.96. The van der Waals surface area contributed by atoms with Crippen LogP contribution in [0.3, 0.4) is 0 Å². The van der Waals surface area contributed by atoms with Crippen molar-refractivity contribution in [3.8, 4) is 0 Å². The van der Waals surface area contributed by atoms with Gasteiger partial charge in [0.2, 0.25) is 5.89 Å². The molecule has 0 unspecified atom stereocenters. The standard InChI is InChI=1S/C20H24N4O2S2/c1-5-10-24-19(25)15-13-8-6-7-9-14(13)28-18(15)22-20(24)27-12(4)17-21-16(11(2)3)23-26-17/h5,11-12H,1,6-10H2,2-4H3/t12-/m1/s1. The number of nitrogens with zero attached hydrogens (tertiary/aromatic N) is 4. The first kappa shape index (κ1) is 19.4. The summed E-state index contributed by atoms with van der Waals surface area (Å²) in [6.07, 6.45) is 6.10. The highest BCUT2D eigenvalue weighted by molar-refractivity contribution is 7.99. The Kier molecular flexibility index (Phi) is 5.42. The molecule has 0 aromatic carbocycles. The molecule has 148 valence electrons. The van der Waals surface area contributed by atoms with Gasteiger partial charge in [-0.05, 0) is 38.2 Å². The quantitative estimate of drug-likeness (QED) is 0.324. The lowest BCUT2D eigenvalue weighted by Gasteiger charge is -2.13. The van der Waals surface area contributed by atoms with E-state index >= 15 is 0 Å². The van der Waals surface area contributed by atoms with Crippen LogP contribution in [0, 0.1) is 0 Å². The van der Waals surface area contributed by atoms with Gasteiger partial charge < -0.3 is 4.52 Å². The van der Waals surface area contributed by atoms with Crippen LogP contribution in [0.25, 0.3) is 10.2 Å². The Morgan fingerprint density at radius 1 is 1.29 bits per heavy atom. The zero-order valence-corrected chi connectivity index (χ0v) is 18.0. The summed E-state index contributed by atoms with van der Waals surface area (Å²) in [7, 11) is 0. The fourth-order valence-corrected chi connectivity index (χ4v) is 5.71. The zero-order chi connectivity index (χ0) is 19.8. The monoisotopic (exact) mass is 416 g/mol. The number of rotatable bonds is 6. The molecule has 0 N–H and O–H groups in total. The van der Waals surface area contributed by atoms with Gasteiger partial charge in [-0.3, -0.25) is 9.36 Å². The van der Waals surface area contributed by atoms with Crippen molar-refractivity contribution in [2.45, 2.75) is 69.3 Å². The summed E-state index contributed by atoms with van der Waals surface area (Å²) in [4.78, 5) is 24.8. The van der Waals surface area contributed by atoms with E-state index in [9.17, 15) is 4.79 Å². The summed E-state index contributed by atoms with van der Waals surface area (Å²) >= 11 is 3.15. The van der Waals surface area contributed by atoms with Gasteiger partial charge in [0.1, 0.15) is 4.83 Å². The minimum absolute atomic E-state index is 0.0346. The molecule has 0 spiro atoms. The Balaban J connectivity index is 1.75. The van der Waals surface area contributed by atoms with E-state index in [1.54, 1.807) is 22.0 Å². The number of hydrogen-bond donors (Lipinski definition) is 0. The van der Waals surface area contributed by atoms with Gasteiger partial charge in [-0.1, -0.05) is 36.8 Å². The van der Waals surface area contributed by atoms with Gasteiger partial charge in [0.25, 0.3) is 5.56 Å². The van der Waals surface area contributed by atoms with E-state index in [4.69, 9.17) is 9.51 Å². The highest BCUT2D eigenvalue weighted by Crippen LogP contribution is 2.37. The summed E-state index contributed by atoms with van der Waals surface area (Å²) in [5.74, 6) is 1.46. The zero-order valence-electron chi connectivity index (χ0n) is 16.4. The molecule has 1 aliphatic carbocycles. The second-order valence-corrected chi connectivity index (χ2v) is 9.79. The van der Waals surface area contributed by atoms with Crippen LogP contribution < -0.4 is 5.56 Å². The molecule has 0 saturated carbocycles. The summed E-state index contributed by atoms with van der Waals surface area (Å²) in [5.41, 5.74) is 1.25. The molecule has 6 nitrogen and oxygen atoms in total. The molecule has 28 heavy (non-hydrogen) atoms. The van der Waals surface area contributed by atoms with Crippen LogP contribution in [0.1, 0.15) is 66.9 Å². The molecule has 0 aliphatic heterocycles. The molecule has 4 rings (SSSR count). The molecular weight excluding hydrogens is 392 g/mol. The normalized spacial score (nSPS) is 15.1. The summed E-state index contributed by atoms with van der Waals surface area (Å²) in [5, 5.41) is 5.42. The van der Waals surface area contributed by atoms with Gasteiger partial charge in [-0.15, -0.1) is 17.9 Å². The highest BCUT2D eigenvalue weighted by atomic mass is 32.2. The van der Waals surface area contributed by atoms with Gasteiger partial charge in [0.05, 0.1) is 10.6 Å². The first-order valence-electron chi connectivity index (χ1n) is 9.65. The molecule has 0 amide bonds. The molecule has 1 aliphatic rings. The molecule has 0 saturated heterocycles. The predicted molar refractivity (Wildman–Crippen MR) is 113 cm³/mol. The first-order chi connectivity index (χ1) is 13.5. The van der Waals surface area contributed by atoms with Crippen molar-refractivity contribution < 1.29 is 4.52 Å². The second-order valence-electron chi connectivity index (χ2n) is 7.40. The van der Waals surface area contributed by atoms with E-state index in [0.29, 0.717) is 23.4 Å². The van der Waals surface area contributed by atoms with Gasteiger partial charge >= 0.3 is 0 Å². The van der Waals surface area contributed by atoms with Crippen molar-refractivity contribution in [1.29, 1.82) is 0 Å². The molecule has 0 fully saturated rings. The van der Waals surface area contributed by atoms with Crippen LogP contribution in [0.4, 0.5) is 0 Å². The molecule has 3 aromatic heterocycles. The summed E-state index contributed by atoms with van der Waals surface area (Å²) in [6.45, 7) is 10.3. The van der Waals surface area contributed by atoms with Gasteiger partial charge in [0, 0.05) is 17.3 Å². The summed E-state index contributed by atoms with van der Waals surface area (Å²) in [6, 6.07) is 0. The van der Waals surface area contributed by atoms with E-state index < -0.39 is 0 Å². The van der Waals surface area contributed by atoms with Crippen molar-refractivity contribution in [1.82, 2.24) is 19.7 Å². The lowest BCUT2D eigenvalue weighted by atomic mass is 9.97. The maximum Gasteiger partial charge on any atom is 0.263 e. The Hall–Kier alpha value is -1.93. The first-order valence-corrected chi connectivity index (χ1v) is 11.3. The largest absolute Gasteiger partial charge is 0.338 e. The number of thiophene rings is 1. The fraction of sp³-hybridized carbons (Fsp3) is 0.500. The van der Waals surface area contributed by atoms with Crippen molar-refractivity contribution >= 4 is 33.3 Å². The van der Waals surface area contributed by atoms with Crippen LogP contribution in [0.15, 0.2) is 27.1 Å². The lowest BCUT2D eigenvalue weighted by Crippen LogP contribution is -2.23. The number of hydrogen-bond acceptors (Lipinski definition) is 7. The molecule has 3 heterocycles. The van der Waals surface area contributed by atoms with E-state index in [2.05, 4.69) is 16.7 Å². The average Bonchev–Trinajstić information content (AvgIpc) is 3.29. The smallest absolute Gasteiger partial charge is 0.263 e. The van der Waals surface area contributed by atoms with Crippen molar-refractivity contribution in [3.05, 3.63) is 45.2 Å². The average molecular weight is 417 g/mol. The second kappa shape index (κ2) is 7.83. The minimum atomic E-state index is -0.102. The Labute approximate surface area is 172 Å². The van der Waals surface area contributed by atoms with Gasteiger partial charge in [-0.25, -0.2) is 4.98 Å².